The molecule has 22 heavy (non-hydrogen) atoms. The maximum atomic E-state index is 13.1. The van der Waals surface area contributed by atoms with Crippen molar-refractivity contribution in [1.82, 2.24) is 0 Å². The first-order chi connectivity index (χ1) is 10.5. The minimum atomic E-state index is -0.200. The molecule has 114 valence electrons. The van der Waals surface area contributed by atoms with Crippen molar-refractivity contribution in [2.45, 2.75) is 46.2 Å². The lowest BCUT2D eigenvalue weighted by molar-refractivity contribution is -0.711. The first kappa shape index (κ1) is 14.8. The monoisotopic (exact) mass is 295 g/mol. The molecular weight excluding hydrogens is 272 g/mol. The minimum absolute atomic E-state index is 0.163. The molecule has 3 heteroatoms. The zero-order chi connectivity index (χ0) is 15.9. The van der Waals surface area contributed by atoms with Gasteiger partial charge in [-0.1, -0.05) is 18.2 Å². The Kier molecular flexibility index (Phi) is 3.73. The molecule has 0 N–H and O–H groups in total. The standard InChI is InChI=1S/C19H23N2O/c1-13-8-7-11-20(15(13)3)16(4)19(22)21-14(2)12-17-9-5-6-10-18(17)21/h5-11,14,16H,12H2,1-4H3/q+1/t14-,16-/m0/s1. The maximum absolute atomic E-state index is 13.1. The van der Waals surface area contributed by atoms with E-state index in [1.165, 1.54) is 11.1 Å². The number of carbonyl (C=O) groups is 1. The van der Waals surface area contributed by atoms with E-state index in [2.05, 4.69) is 43.5 Å². The van der Waals surface area contributed by atoms with E-state index in [-0.39, 0.29) is 18.0 Å². The van der Waals surface area contributed by atoms with E-state index < -0.39 is 0 Å². The molecule has 3 rings (SSSR count). The Morgan fingerprint density at radius 2 is 1.95 bits per heavy atom. The van der Waals surface area contributed by atoms with E-state index in [0.717, 1.165) is 17.8 Å². The van der Waals surface area contributed by atoms with Crippen molar-refractivity contribution in [3.63, 3.8) is 0 Å². The van der Waals surface area contributed by atoms with Crippen LogP contribution in [0.4, 0.5) is 5.69 Å². The number of aromatic nitrogens is 1. The Hall–Kier alpha value is -2.16. The number of aryl methyl sites for hydroxylation is 1. The van der Waals surface area contributed by atoms with Gasteiger partial charge in [0.25, 0.3) is 5.91 Å². The molecule has 0 aliphatic carbocycles. The molecule has 0 unspecified atom stereocenters. The fourth-order valence-electron chi connectivity index (χ4n) is 3.36. The molecule has 0 fully saturated rings. The average molecular weight is 295 g/mol. The van der Waals surface area contributed by atoms with Crippen molar-refractivity contribution >= 4 is 11.6 Å². The number of hydrogen-bond acceptors (Lipinski definition) is 1. The quantitative estimate of drug-likeness (QED) is 0.781. The molecule has 1 aromatic carbocycles. The maximum Gasteiger partial charge on any atom is 0.296 e. The number of para-hydroxylation sites is 1. The third-order valence-electron chi connectivity index (χ3n) is 4.77. The Morgan fingerprint density at radius 3 is 2.73 bits per heavy atom. The van der Waals surface area contributed by atoms with Crippen LogP contribution >= 0.6 is 0 Å². The Morgan fingerprint density at radius 1 is 1.23 bits per heavy atom. The van der Waals surface area contributed by atoms with Crippen LogP contribution in [0, 0.1) is 13.8 Å². The van der Waals surface area contributed by atoms with Crippen molar-refractivity contribution in [1.29, 1.82) is 0 Å². The number of pyridine rings is 1. The summed E-state index contributed by atoms with van der Waals surface area (Å²) in [4.78, 5) is 15.1. The van der Waals surface area contributed by atoms with Crippen LogP contribution in [0.3, 0.4) is 0 Å². The Bertz CT molecular complexity index is 723. The third kappa shape index (κ3) is 2.31. The molecule has 0 radical (unpaired) electrons. The predicted octanol–water partition coefficient (Wildman–Crippen LogP) is 3.13. The van der Waals surface area contributed by atoms with Gasteiger partial charge in [-0.05, 0) is 38.0 Å². The second-order valence-electron chi connectivity index (χ2n) is 6.25. The summed E-state index contributed by atoms with van der Waals surface area (Å²) in [5.74, 6) is 0.163. The van der Waals surface area contributed by atoms with Crippen molar-refractivity contribution in [3.05, 3.63) is 59.4 Å². The van der Waals surface area contributed by atoms with Crippen LogP contribution in [-0.4, -0.2) is 11.9 Å². The molecule has 1 amide bonds. The number of anilines is 1. The molecule has 0 bridgehead atoms. The van der Waals surface area contributed by atoms with Crippen LogP contribution in [0.2, 0.25) is 0 Å². The highest BCUT2D eigenvalue weighted by molar-refractivity contribution is 5.97. The lowest BCUT2D eigenvalue weighted by Gasteiger charge is -2.24. The summed E-state index contributed by atoms with van der Waals surface area (Å²) in [5, 5.41) is 0. The molecule has 2 atom stereocenters. The molecule has 1 aliphatic heterocycles. The summed E-state index contributed by atoms with van der Waals surface area (Å²) in [6, 6.07) is 12.3. The number of amides is 1. The van der Waals surface area contributed by atoms with Crippen LogP contribution in [0.5, 0.6) is 0 Å². The van der Waals surface area contributed by atoms with Crippen LogP contribution in [-0.2, 0) is 11.2 Å². The molecule has 0 saturated carbocycles. The highest BCUT2D eigenvalue weighted by Crippen LogP contribution is 2.33. The molecule has 0 spiro atoms. The predicted molar refractivity (Wildman–Crippen MR) is 87.9 cm³/mol. The van der Waals surface area contributed by atoms with Crippen molar-refractivity contribution < 1.29 is 9.36 Å². The number of rotatable bonds is 2. The summed E-state index contributed by atoms with van der Waals surface area (Å²) >= 11 is 0. The molecule has 1 aliphatic rings. The van der Waals surface area contributed by atoms with E-state index in [1.54, 1.807) is 0 Å². The second kappa shape index (κ2) is 5.56. The van der Waals surface area contributed by atoms with E-state index in [9.17, 15) is 4.79 Å². The lowest BCUT2D eigenvalue weighted by atomic mass is 10.1. The van der Waals surface area contributed by atoms with Gasteiger partial charge in [0.15, 0.2) is 11.9 Å². The number of hydrogen-bond donors (Lipinski definition) is 0. The molecule has 2 heterocycles. The van der Waals surface area contributed by atoms with E-state index >= 15 is 0 Å². The smallest absolute Gasteiger partial charge is 0.296 e. The average Bonchev–Trinajstić information content (AvgIpc) is 2.84. The minimum Gasteiger partial charge on any atom is -0.303 e. The van der Waals surface area contributed by atoms with Gasteiger partial charge in [0.1, 0.15) is 0 Å². The molecular formula is C19H23N2O+. The normalized spacial score (nSPS) is 18.2. The summed E-state index contributed by atoms with van der Waals surface area (Å²) in [5.41, 5.74) is 4.68. The van der Waals surface area contributed by atoms with Crippen LogP contribution < -0.4 is 9.47 Å². The number of fused-ring (bicyclic) bond motifs is 1. The summed E-state index contributed by atoms with van der Waals surface area (Å²) in [6.45, 7) is 8.26. The van der Waals surface area contributed by atoms with Gasteiger partial charge in [-0.15, -0.1) is 0 Å². The van der Waals surface area contributed by atoms with Gasteiger partial charge < -0.3 is 4.90 Å². The molecule has 2 aromatic rings. The van der Waals surface area contributed by atoms with E-state index in [0.29, 0.717) is 0 Å². The van der Waals surface area contributed by atoms with Crippen LogP contribution in [0.15, 0.2) is 42.6 Å². The van der Waals surface area contributed by atoms with E-state index in [1.807, 2.05) is 36.2 Å². The van der Waals surface area contributed by atoms with Gasteiger partial charge >= 0.3 is 0 Å². The SMILES string of the molecule is Cc1ccc[n+]([C@@H](C)C(=O)N2c3ccccc3C[C@@H]2C)c1C. The van der Waals surface area contributed by atoms with Crippen LogP contribution in [0.25, 0.3) is 0 Å². The molecule has 1 aromatic heterocycles. The summed E-state index contributed by atoms with van der Waals surface area (Å²) in [6.07, 6.45) is 2.93. The molecule has 3 nitrogen and oxygen atoms in total. The summed E-state index contributed by atoms with van der Waals surface area (Å²) in [7, 11) is 0. The van der Waals surface area contributed by atoms with Crippen molar-refractivity contribution in [2.24, 2.45) is 0 Å². The van der Waals surface area contributed by atoms with Gasteiger partial charge in [0.05, 0.1) is 0 Å². The number of carbonyl (C=O) groups excluding carboxylic acids is 1. The molecule has 0 saturated heterocycles. The first-order valence-electron chi connectivity index (χ1n) is 7.89. The lowest BCUT2D eigenvalue weighted by Crippen LogP contribution is -2.51. The zero-order valence-corrected chi connectivity index (χ0v) is 13.7. The van der Waals surface area contributed by atoms with Gasteiger partial charge in [0.2, 0.25) is 6.04 Å². The van der Waals surface area contributed by atoms with Gasteiger partial charge in [-0.2, -0.15) is 4.57 Å². The van der Waals surface area contributed by atoms with Gasteiger partial charge in [-0.3, -0.25) is 4.79 Å². The Balaban J connectivity index is 1.96. The topological polar surface area (TPSA) is 24.2 Å². The highest BCUT2D eigenvalue weighted by atomic mass is 16.2. The van der Waals surface area contributed by atoms with Gasteiger partial charge in [-0.25, -0.2) is 0 Å². The second-order valence-corrected chi connectivity index (χ2v) is 6.25. The van der Waals surface area contributed by atoms with E-state index in [4.69, 9.17) is 0 Å². The fraction of sp³-hybridized carbons (Fsp3) is 0.368. The first-order valence-corrected chi connectivity index (χ1v) is 7.89. The Labute approximate surface area is 132 Å². The fourth-order valence-corrected chi connectivity index (χ4v) is 3.36. The van der Waals surface area contributed by atoms with Gasteiger partial charge in [0, 0.05) is 37.2 Å². The largest absolute Gasteiger partial charge is 0.303 e. The van der Waals surface area contributed by atoms with Crippen molar-refractivity contribution in [2.75, 3.05) is 4.90 Å². The summed E-state index contributed by atoms with van der Waals surface area (Å²) < 4.78 is 2.07. The van der Waals surface area contributed by atoms with Crippen LogP contribution in [0.1, 0.15) is 36.7 Å². The highest BCUT2D eigenvalue weighted by Gasteiger charge is 2.37. The zero-order valence-electron chi connectivity index (χ0n) is 13.7. The number of benzene rings is 1. The van der Waals surface area contributed by atoms with Crippen molar-refractivity contribution in [3.8, 4) is 0 Å². The number of nitrogens with zero attached hydrogens (tertiary/aromatic N) is 2. The third-order valence-corrected chi connectivity index (χ3v) is 4.77.